The van der Waals surface area contributed by atoms with Crippen molar-refractivity contribution in [3.63, 3.8) is 0 Å². The number of aromatic nitrogens is 1. The van der Waals surface area contributed by atoms with E-state index >= 15 is 0 Å². The monoisotopic (exact) mass is 604 g/mol. The van der Waals surface area contributed by atoms with Gasteiger partial charge in [0.25, 0.3) is 0 Å². The zero-order chi connectivity index (χ0) is 31.5. The molecule has 226 valence electrons. The van der Waals surface area contributed by atoms with Gasteiger partial charge in [0.1, 0.15) is 0 Å². The lowest BCUT2D eigenvalue weighted by atomic mass is 9.82. The molecule has 2 aliphatic rings. The van der Waals surface area contributed by atoms with Gasteiger partial charge in [-0.2, -0.15) is 0 Å². The zero-order valence-electron chi connectivity index (χ0n) is 26.8. The number of fused-ring (bicyclic) bond motifs is 5. The number of hydrogen-bond donors (Lipinski definition) is 0. The number of allylic oxidation sites excluding steroid dienone is 2. The fourth-order valence-electron chi connectivity index (χ4n) is 7.87. The van der Waals surface area contributed by atoms with Crippen molar-refractivity contribution >= 4 is 33.1 Å². The molecule has 0 bridgehead atoms. The third kappa shape index (κ3) is 4.47. The van der Waals surface area contributed by atoms with Crippen LogP contribution >= 0.6 is 0 Å². The first-order chi connectivity index (χ1) is 23.1. The predicted octanol–water partition coefficient (Wildman–Crippen LogP) is 11.8. The number of anilines is 2. The van der Waals surface area contributed by atoms with Gasteiger partial charge in [0, 0.05) is 27.9 Å². The molecule has 6 aromatic carbocycles. The van der Waals surface area contributed by atoms with Crippen molar-refractivity contribution in [1.82, 2.24) is 4.57 Å². The number of nitrogens with zero attached hydrogens (tertiary/aromatic N) is 2. The maximum Gasteiger partial charge on any atom is 0.0559 e. The lowest BCUT2D eigenvalue weighted by molar-refractivity contribution is 0.659. The van der Waals surface area contributed by atoms with Crippen LogP contribution in [0.4, 0.5) is 11.4 Å². The van der Waals surface area contributed by atoms with Crippen molar-refractivity contribution < 1.29 is 0 Å². The molecule has 2 heteroatoms. The molecule has 2 nitrogen and oxygen atoms in total. The highest BCUT2D eigenvalue weighted by Gasteiger charge is 2.37. The molecule has 1 aromatic heterocycles. The van der Waals surface area contributed by atoms with Gasteiger partial charge in [-0.3, -0.25) is 0 Å². The average Bonchev–Trinajstić information content (AvgIpc) is 3.62. The maximum absolute atomic E-state index is 2.52. The third-order valence-corrected chi connectivity index (χ3v) is 10.3. The fourth-order valence-corrected chi connectivity index (χ4v) is 7.87. The van der Waals surface area contributed by atoms with Gasteiger partial charge in [0.05, 0.1) is 17.3 Å². The Balaban J connectivity index is 1.17. The van der Waals surface area contributed by atoms with E-state index in [1.807, 2.05) is 0 Å². The Labute approximate surface area is 276 Å². The minimum Gasteiger partial charge on any atom is -0.334 e. The lowest BCUT2D eigenvalue weighted by Crippen LogP contribution is -2.30. The fraction of sp³-hybridized carbons (Fsp3) is 0.111. The van der Waals surface area contributed by atoms with Crippen LogP contribution in [0.2, 0.25) is 0 Å². The number of rotatable bonds is 5. The van der Waals surface area contributed by atoms with E-state index in [4.69, 9.17) is 0 Å². The van der Waals surface area contributed by atoms with E-state index < -0.39 is 0 Å². The summed E-state index contributed by atoms with van der Waals surface area (Å²) >= 11 is 0. The first-order valence-electron chi connectivity index (χ1n) is 16.6. The quantitative estimate of drug-likeness (QED) is 0.190. The lowest BCUT2D eigenvalue weighted by Gasteiger charge is -2.34. The van der Waals surface area contributed by atoms with Gasteiger partial charge >= 0.3 is 0 Å². The van der Waals surface area contributed by atoms with Gasteiger partial charge in [-0.05, 0) is 93.5 Å². The van der Waals surface area contributed by atoms with Gasteiger partial charge in [-0.1, -0.05) is 129 Å². The van der Waals surface area contributed by atoms with Crippen molar-refractivity contribution in [3.05, 3.63) is 175 Å². The second-order valence-electron chi connectivity index (χ2n) is 13.4. The molecule has 0 amide bonds. The third-order valence-electron chi connectivity index (χ3n) is 10.3. The topological polar surface area (TPSA) is 8.17 Å². The molecule has 0 fully saturated rings. The Kier molecular flexibility index (Phi) is 6.33. The van der Waals surface area contributed by atoms with E-state index in [1.165, 1.54) is 72.2 Å². The van der Waals surface area contributed by atoms with E-state index in [1.54, 1.807) is 0 Å². The standard InChI is InChI=1S/C45H36N2/c1-45(2)41-29-37(46(35-18-7-4-8-19-35)36-22-21-31-13-9-10-16-33(31)27-36)23-25-39(41)40-26-24-38(30-42(40)45)47-43-20-12-11-17-34(43)28-44(47)32-14-5-3-6-15-32/h3-18,20-30,35H,19H2,1-2H3. The number of para-hydroxylation sites is 1. The Morgan fingerprint density at radius 1 is 0.596 bits per heavy atom. The van der Waals surface area contributed by atoms with Crippen LogP contribution in [-0.2, 0) is 5.41 Å². The Morgan fingerprint density at radius 2 is 1.28 bits per heavy atom. The summed E-state index contributed by atoms with van der Waals surface area (Å²) < 4.78 is 2.43. The molecule has 7 aromatic rings. The largest absolute Gasteiger partial charge is 0.334 e. The summed E-state index contributed by atoms with van der Waals surface area (Å²) in [6.07, 6.45) is 9.93. The Hall–Kier alpha value is -5.60. The molecule has 0 N–H and O–H groups in total. The van der Waals surface area contributed by atoms with Crippen LogP contribution < -0.4 is 4.90 Å². The summed E-state index contributed by atoms with van der Waals surface area (Å²) in [4.78, 5) is 2.52. The second-order valence-corrected chi connectivity index (χ2v) is 13.4. The van der Waals surface area contributed by atoms with Crippen molar-refractivity contribution in [2.24, 2.45) is 0 Å². The molecule has 1 atom stereocenters. The molecule has 2 aliphatic carbocycles. The van der Waals surface area contributed by atoms with Crippen LogP contribution in [0.15, 0.2) is 164 Å². The minimum atomic E-state index is -0.163. The first kappa shape index (κ1) is 27.7. The molecule has 47 heavy (non-hydrogen) atoms. The van der Waals surface area contributed by atoms with Crippen LogP contribution in [0.1, 0.15) is 31.4 Å². The molecular weight excluding hydrogens is 569 g/mol. The molecule has 0 radical (unpaired) electrons. The molecular formula is C45H36N2. The summed E-state index contributed by atoms with van der Waals surface area (Å²) in [5.74, 6) is 0. The van der Waals surface area contributed by atoms with E-state index in [-0.39, 0.29) is 11.5 Å². The van der Waals surface area contributed by atoms with Crippen molar-refractivity contribution in [1.29, 1.82) is 0 Å². The molecule has 9 rings (SSSR count). The molecule has 1 heterocycles. The van der Waals surface area contributed by atoms with Crippen LogP contribution in [0.3, 0.4) is 0 Å². The Morgan fingerprint density at radius 3 is 2.09 bits per heavy atom. The van der Waals surface area contributed by atoms with Crippen molar-refractivity contribution in [3.8, 4) is 28.1 Å². The zero-order valence-corrected chi connectivity index (χ0v) is 26.8. The highest BCUT2D eigenvalue weighted by atomic mass is 15.2. The molecule has 0 saturated carbocycles. The maximum atomic E-state index is 2.52. The molecule has 0 saturated heterocycles. The van der Waals surface area contributed by atoms with E-state index in [9.17, 15) is 0 Å². The molecule has 0 spiro atoms. The molecule has 0 aliphatic heterocycles. The highest BCUT2D eigenvalue weighted by molar-refractivity contribution is 5.91. The number of hydrogen-bond acceptors (Lipinski definition) is 1. The second kappa shape index (κ2) is 10.7. The van der Waals surface area contributed by atoms with E-state index in [0.717, 1.165) is 6.42 Å². The van der Waals surface area contributed by atoms with E-state index in [2.05, 4.69) is 187 Å². The van der Waals surface area contributed by atoms with Crippen LogP contribution in [0, 0.1) is 0 Å². The van der Waals surface area contributed by atoms with Gasteiger partial charge in [0.2, 0.25) is 0 Å². The van der Waals surface area contributed by atoms with Gasteiger partial charge in [-0.25, -0.2) is 0 Å². The summed E-state index contributed by atoms with van der Waals surface area (Å²) in [6.45, 7) is 4.78. The van der Waals surface area contributed by atoms with Crippen LogP contribution in [0.25, 0.3) is 49.7 Å². The number of benzene rings is 6. The predicted molar refractivity (Wildman–Crippen MR) is 199 cm³/mol. The van der Waals surface area contributed by atoms with Crippen molar-refractivity contribution in [2.75, 3.05) is 4.90 Å². The van der Waals surface area contributed by atoms with Crippen LogP contribution in [0.5, 0.6) is 0 Å². The highest BCUT2D eigenvalue weighted by Crippen LogP contribution is 2.51. The summed E-state index contributed by atoms with van der Waals surface area (Å²) in [5, 5.41) is 3.78. The first-order valence-corrected chi connectivity index (χ1v) is 16.6. The van der Waals surface area contributed by atoms with Crippen molar-refractivity contribution in [2.45, 2.75) is 31.7 Å². The van der Waals surface area contributed by atoms with Gasteiger partial charge < -0.3 is 9.47 Å². The van der Waals surface area contributed by atoms with Gasteiger partial charge in [0.15, 0.2) is 0 Å². The Bertz CT molecular complexity index is 2370. The summed E-state index contributed by atoms with van der Waals surface area (Å²) in [6, 6.07) is 51.8. The van der Waals surface area contributed by atoms with E-state index in [0.29, 0.717) is 0 Å². The normalized spacial score (nSPS) is 16.0. The molecule has 1 unspecified atom stereocenters. The smallest absolute Gasteiger partial charge is 0.0559 e. The average molecular weight is 605 g/mol. The van der Waals surface area contributed by atoms with Gasteiger partial charge in [-0.15, -0.1) is 0 Å². The SMILES string of the molecule is CC1(C)c2cc(N(c3ccc4ccccc4c3)C3C=CC=CC3)ccc2-c2ccc(-n3c(-c4ccccc4)cc4ccccc43)cc21. The van der Waals surface area contributed by atoms with Crippen LogP contribution in [-0.4, -0.2) is 10.6 Å². The summed E-state index contributed by atoms with van der Waals surface area (Å²) in [7, 11) is 0. The minimum absolute atomic E-state index is 0.163. The summed E-state index contributed by atoms with van der Waals surface area (Å²) in [5.41, 5.74) is 12.5.